The molecule has 0 amide bonds. The number of benzene rings is 1. The number of fused-ring (bicyclic) bond motifs is 1. The average molecular weight is 593 g/mol. The van der Waals surface area contributed by atoms with Gasteiger partial charge in [0.05, 0.1) is 32.3 Å². The monoisotopic (exact) mass is 592 g/mol. The molecule has 0 spiro atoms. The summed E-state index contributed by atoms with van der Waals surface area (Å²) in [5, 5.41) is 8.03. The molecule has 2 atom stereocenters. The Bertz CT molecular complexity index is 1700. The summed E-state index contributed by atoms with van der Waals surface area (Å²) in [5.74, 6) is 1.48. The summed E-state index contributed by atoms with van der Waals surface area (Å²) in [6.07, 6.45) is 10.0. The van der Waals surface area contributed by atoms with Crippen molar-refractivity contribution in [1.29, 1.82) is 0 Å². The number of aryl methyl sites for hydroxylation is 1. The Morgan fingerprint density at radius 2 is 1.76 bits per heavy atom. The van der Waals surface area contributed by atoms with Crippen molar-refractivity contribution in [3.05, 3.63) is 53.7 Å². The van der Waals surface area contributed by atoms with Crippen LogP contribution in [0.2, 0.25) is 0 Å². The summed E-state index contributed by atoms with van der Waals surface area (Å²) in [5.41, 5.74) is 3.82. The molecule has 3 aliphatic rings. The standard InChI is InChI=1S/C30H33FN6O2S2/c1-17-25(29-36-27-24(40-29)13-14-32-26(27)19-6-7-19)28(37-30(33-17)35-21-3-2-4-21)34-22-10-5-18(15-22)16-41(38,39)23-11-8-20(31)9-12-23/h8-9,11-14,18-19,21-22H,2-7,10,15-16H2,1H3,(H2,33,34,35,37). The van der Waals surface area contributed by atoms with Gasteiger partial charge in [-0.2, -0.15) is 4.98 Å². The van der Waals surface area contributed by atoms with E-state index in [9.17, 15) is 12.8 Å². The number of nitrogens with zero attached hydrogens (tertiary/aromatic N) is 4. The predicted molar refractivity (Wildman–Crippen MR) is 160 cm³/mol. The number of hydrogen-bond donors (Lipinski definition) is 2. The van der Waals surface area contributed by atoms with E-state index in [4.69, 9.17) is 15.0 Å². The molecule has 0 saturated heterocycles. The second-order valence-electron chi connectivity index (χ2n) is 11.7. The lowest BCUT2D eigenvalue weighted by molar-refractivity contribution is 0.443. The Morgan fingerprint density at radius 1 is 0.951 bits per heavy atom. The number of hydrogen-bond acceptors (Lipinski definition) is 9. The molecule has 0 radical (unpaired) electrons. The quantitative estimate of drug-likeness (QED) is 0.212. The van der Waals surface area contributed by atoms with E-state index >= 15 is 0 Å². The van der Waals surface area contributed by atoms with Crippen LogP contribution in [0, 0.1) is 18.7 Å². The molecule has 1 aromatic carbocycles. The third-order valence-electron chi connectivity index (χ3n) is 8.55. The van der Waals surface area contributed by atoms with Gasteiger partial charge in [0.2, 0.25) is 5.95 Å². The third-order valence-corrected chi connectivity index (χ3v) is 11.5. The van der Waals surface area contributed by atoms with Crippen LogP contribution in [-0.4, -0.2) is 46.2 Å². The first-order valence-electron chi connectivity index (χ1n) is 14.5. The molecule has 41 heavy (non-hydrogen) atoms. The number of sulfone groups is 1. The lowest BCUT2D eigenvalue weighted by Crippen LogP contribution is -2.28. The second-order valence-corrected chi connectivity index (χ2v) is 14.8. The third kappa shape index (κ3) is 5.53. The summed E-state index contributed by atoms with van der Waals surface area (Å²) in [6.45, 7) is 2.01. The largest absolute Gasteiger partial charge is 0.367 e. The van der Waals surface area contributed by atoms with Gasteiger partial charge in [-0.15, -0.1) is 11.3 Å². The van der Waals surface area contributed by atoms with Crippen molar-refractivity contribution in [2.75, 3.05) is 16.4 Å². The van der Waals surface area contributed by atoms with Gasteiger partial charge in [-0.3, -0.25) is 4.98 Å². The highest BCUT2D eigenvalue weighted by molar-refractivity contribution is 7.91. The minimum Gasteiger partial charge on any atom is -0.367 e. The second kappa shape index (κ2) is 10.6. The van der Waals surface area contributed by atoms with Gasteiger partial charge in [0.25, 0.3) is 0 Å². The van der Waals surface area contributed by atoms with E-state index in [1.807, 2.05) is 19.2 Å². The molecule has 214 valence electrons. The maximum Gasteiger partial charge on any atom is 0.225 e. The Labute approximate surface area is 243 Å². The summed E-state index contributed by atoms with van der Waals surface area (Å²) in [6, 6.07) is 7.61. The highest BCUT2D eigenvalue weighted by Gasteiger charge is 2.32. The van der Waals surface area contributed by atoms with Crippen LogP contribution < -0.4 is 10.6 Å². The lowest BCUT2D eigenvalue weighted by Gasteiger charge is -2.27. The van der Waals surface area contributed by atoms with Gasteiger partial charge in [0.1, 0.15) is 22.2 Å². The first kappa shape index (κ1) is 26.7. The Kier molecular flexibility index (Phi) is 6.89. The van der Waals surface area contributed by atoms with E-state index in [2.05, 4.69) is 15.6 Å². The topological polar surface area (TPSA) is 110 Å². The van der Waals surface area contributed by atoms with E-state index < -0.39 is 15.7 Å². The number of pyridine rings is 1. The number of thiazole rings is 1. The minimum atomic E-state index is -3.50. The van der Waals surface area contributed by atoms with Crippen LogP contribution in [-0.2, 0) is 9.84 Å². The summed E-state index contributed by atoms with van der Waals surface area (Å²) >= 11 is 1.64. The molecule has 8 nitrogen and oxygen atoms in total. The van der Waals surface area contributed by atoms with Gasteiger partial charge in [-0.25, -0.2) is 22.8 Å². The van der Waals surface area contributed by atoms with Crippen molar-refractivity contribution in [1.82, 2.24) is 19.9 Å². The van der Waals surface area contributed by atoms with Crippen molar-refractivity contribution in [2.45, 2.75) is 81.2 Å². The van der Waals surface area contributed by atoms with Crippen molar-refractivity contribution < 1.29 is 12.8 Å². The van der Waals surface area contributed by atoms with Crippen LogP contribution in [0.25, 0.3) is 20.8 Å². The summed E-state index contributed by atoms with van der Waals surface area (Å²) < 4.78 is 40.5. The first-order chi connectivity index (χ1) is 19.8. The molecule has 3 fully saturated rings. The molecule has 0 aliphatic heterocycles. The molecule has 7 rings (SSSR count). The Hall–Kier alpha value is -3.18. The molecule has 3 heterocycles. The zero-order valence-corrected chi connectivity index (χ0v) is 24.6. The molecule has 2 unspecified atom stereocenters. The molecule has 3 aliphatic carbocycles. The fraction of sp³-hybridized carbons (Fsp3) is 0.467. The van der Waals surface area contributed by atoms with Crippen LogP contribution in [0.4, 0.5) is 16.2 Å². The zero-order valence-electron chi connectivity index (χ0n) is 22.9. The van der Waals surface area contributed by atoms with Crippen LogP contribution in [0.15, 0.2) is 41.4 Å². The van der Waals surface area contributed by atoms with Gasteiger partial charge in [-0.05, 0) is 94.5 Å². The van der Waals surface area contributed by atoms with E-state index in [1.165, 1.54) is 30.7 Å². The summed E-state index contributed by atoms with van der Waals surface area (Å²) in [7, 11) is -3.50. The fourth-order valence-electron chi connectivity index (χ4n) is 5.97. The van der Waals surface area contributed by atoms with Crippen molar-refractivity contribution in [2.24, 2.45) is 5.92 Å². The highest BCUT2D eigenvalue weighted by Crippen LogP contribution is 2.44. The van der Waals surface area contributed by atoms with E-state index in [0.29, 0.717) is 24.3 Å². The Balaban J connectivity index is 1.16. The maximum absolute atomic E-state index is 13.3. The van der Waals surface area contributed by atoms with Crippen molar-refractivity contribution >= 4 is 43.2 Å². The molecule has 4 aromatic rings. The normalized spacial score (nSPS) is 21.2. The van der Waals surface area contributed by atoms with Gasteiger partial charge in [0.15, 0.2) is 9.84 Å². The highest BCUT2D eigenvalue weighted by atomic mass is 32.2. The molecule has 3 aromatic heterocycles. The number of anilines is 2. The molecule has 0 bridgehead atoms. The number of aromatic nitrogens is 4. The molecule has 2 N–H and O–H groups in total. The van der Waals surface area contributed by atoms with Crippen molar-refractivity contribution in [3.8, 4) is 10.6 Å². The molecular weight excluding hydrogens is 560 g/mol. The smallest absolute Gasteiger partial charge is 0.225 e. The fourth-order valence-corrected chi connectivity index (χ4v) is 8.70. The molecular formula is C30H33FN6O2S2. The van der Waals surface area contributed by atoms with Crippen molar-refractivity contribution in [3.63, 3.8) is 0 Å². The Morgan fingerprint density at radius 3 is 2.49 bits per heavy atom. The minimum absolute atomic E-state index is 0.0103. The van der Waals surface area contributed by atoms with E-state index in [1.54, 1.807) is 11.3 Å². The van der Waals surface area contributed by atoms with Crippen LogP contribution in [0.3, 0.4) is 0 Å². The molecule has 11 heteroatoms. The lowest BCUT2D eigenvalue weighted by atomic mass is 9.93. The van der Waals surface area contributed by atoms with Gasteiger partial charge in [-0.1, -0.05) is 0 Å². The van der Waals surface area contributed by atoms with Crippen LogP contribution in [0.5, 0.6) is 0 Å². The zero-order chi connectivity index (χ0) is 28.1. The van der Waals surface area contributed by atoms with E-state index in [-0.39, 0.29) is 22.6 Å². The number of nitrogens with one attached hydrogen (secondary N) is 2. The van der Waals surface area contributed by atoms with Gasteiger partial charge in [0, 0.05) is 24.2 Å². The average Bonchev–Trinajstić information content (AvgIpc) is 3.53. The SMILES string of the molecule is Cc1nc(NC2CCC2)nc(NC2CCC(CS(=O)(=O)c3ccc(F)cc3)C2)c1-c1nc2c(C3CC3)nccc2s1. The number of halogens is 1. The molecule has 3 saturated carbocycles. The number of rotatable bonds is 9. The van der Waals surface area contributed by atoms with Crippen LogP contribution in [0.1, 0.15) is 68.7 Å². The van der Waals surface area contributed by atoms with Gasteiger partial charge >= 0.3 is 0 Å². The van der Waals surface area contributed by atoms with Gasteiger partial charge < -0.3 is 10.6 Å². The maximum atomic E-state index is 13.3. The first-order valence-corrected chi connectivity index (χ1v) is 16.9. The summed E-state index contributed by atoms with van der Waals surface area (Å²) in [4.78, 5) is 19.7. The van der Waals surface area contributed by atoms with Crippen LogP contribution >= 0.6 is 11.3 Å². The predicted octanol–water partition coefficient (Wildman–Crippen LogP) is 6.49. The van der Waals surface area contributed by atoms with E-state index in [0.717, 1.165) is 76.5 Å².